The van der Waals surface area contributed by atoms with Gasteiger partial charge in [0.15, 0.2) is 0 Å². The van der Waals surface area contributed by atoms with Crippen LogP contribution in [0.3, 0.4) is 0 Å². The summed E-state index contributed by atoms with van der Waals surface area (Å²) in [6.45, 7) is 8.13. The topological polar surface area (TPSA) is 52.6 Å². The molecule has 0 radical (unpaired) electrons. The van der Waals surface area contributed by atoms with E-state index in [4.69, 9.17) is 0 Å². The van der Waals surface area contributed by atoms with Crippen molar-refractivity contribution < 1.29 is 9.90 Å². The number of hydrogen-bond donors (Lipinski definition) is 2. The second-order valence-electron chi connectivity index (χ2n) is 6.64. The standard InChI is InChI=1S/C13H24N2O2/c1-12(2,3)15(11(16)17)10-8-13(9-10)4-6-14-7-5-13/h10,14H,4-9H2,1-3H3,(H,16,17). The normalized spacial score (nSPS) is 24.4. The average molecular weight is 240 g/mol. The van der Waals surface area contributed by atoms with Crippen LogP contribution in [0.1, 0.15) is 46.5 Å². The van der Waals surface area contributed by atoms with Crippen LogP contribution in [0.2, 0.25) is 0 Å². The Bertz CT molecular complexity index is 295. The minimum absolute atomic E-state index is 0.227. The van der Waals surface area contributed by atoms with Gasteiger partial charge in [-0.3, -0.25) is 0 Å². The maximum atomic E-state index is 11.4. The van der Waals surface area contributed by atoms with Gasteiger partial charge in [-0.05, 0) is 65.0 Å². The van der Waals surface area contributed by atoms with Crippen molar-refractivity contribution in [1.29, 1.82) is 0 Å². The van der Waals surface area contributed by atoms with E-state index < -0.39 is 6.09 Å². The highest BCUT2D eigenvalue weighted by atomic mass is 16.4. The van der Waals surface area contributed by atoms with E-state index in [1.807, 2.05) is 20.8 Å². The van der Waals surface area contributed by atoms with Crippen molar-refractivity contribution in [3.8, 4) is 0 Å². The Morgan fingerprint density at radius 3 is 2.24 bits per heavy atom. The fraction of sp³-hybridized carbons (Fsp3) is 0.923. The number of carbonyl (C=O) groups is 1. The van der Waals surface area contributed by atoms with Crippen LogP contribution in [0.15, 0.2) is 0 Å². The Balaban J connectivity index is 1.99. The Morgan fingerprint density at radius 2 is 1.82 bits per heavy atom. The van der Waals surface area contributed by atoms with E-state index in [9.17, 15) is 9.90 Å². The van der Waals surface area contributed by atoms with E-state index in [0.717, 1.165) is 25.9 Å². The monoisotopic (exact) mass is 240 g/mol. The summed E-state index contributed by atoms with van der Waals surface area (Å²) in [4.78, 5) is 13.0. The summed E-state index contributed by atoms with van der Waals surface area (Å²) in [5.41, 5.74) is 0.153. The largest absolute Gasteiger partial charge is 0.465 e. The van der Waals surface area contributed by atoms with Crippen LogP contribution in [0, 0.1) is 5.41 Å². The molecule has 98 valence electrons. The van der Waals surface area contributed by atoms with Gasteiger partial charge in [-0.2, -0.15) is 0 Å². The lowest BCUT2D eigenvalue weighted by Crippen LogP contribution is -2.60. The predicted octanol–water partition coefficient (Wildman–Crippen LogP) is 2.30. The third-order valence-electron chi connectivity index (χ3n) is 4.30. The van der Waals surface area contributed by atoms with Crippen LogP contribution in [0.25, 0.3) is 0 Å². The van der Waals surface area contributed by atoms with Crippen molar-refractivity contribution in [3.05, 3.63) is 0 Å². The highest BCUT2D eigenvalue weighted by Crippen LogP contribution is 2.50. The molecule has 1 saturated heterocycles. The first-order chi connectivity index (χ1) is 7.84. The SMILES string of the molecule is CC(C)(C)N(C(=O)O)C1CC2(CCNCC2)C1. The summed E-state index contributed by atoms with van der Waals surface area (Å²) in [6, 6.07) is 0.227. The Labute approximate surface area is 103 Å². The molecule has 0 aromatic rings. The summed E-state index contributed by atoms with van der Waals surface area (Å²) < 4.78 is 0. The van der Waals surface area contributed by atoms with Gasteiger partial charge in [0.25, 0.3) is 0 Å². The summed E-state index contributed by atoms with van der Waals surface area (Å²) >= 11 is 0. The van der Waals surface area contributed by atoms with Crippen molar-refractivity contribution in [2.45, 2.75) is 58.0 Å². The molecule has 0 atom stereocenters. The second-order valence-corrected chi connectivity index (χ2v) is 6.64. The fourth-order valence-electron chi connectivity index (χ4n) is 3.48. The third-order valence-corrected chi connectivity index (χ3v) is 4.30. The molecule has 1 aliphatic carbocycles. The number of rotatable bonds is 1. The molecule has 1 spiro atoms. The van der Waals surface area contributed by atoms with Gasteiger partial charge in [-0.1, -0.05) is 0 Å². The first-order valence-electron chi connectivity index (χ1n) is 6.57. The van der Waals surface area contributed by atoms with E-state index in [1.165, 1.54) is 12.8 Å². The zero-order chi connectivity index (χ0) is 12.7. The van der Waals surface area contributed by atoms with Gasteiger partial charge >= 0.3 is 6.09 Å². The molecule has 4 nitrogen and oxygen atoms in total. The molecule has 4 heteroatoms. The smallest absolute Gasteiger partial charge is 0.407 e. The van der Waals surface area contributed by atoms with E-state index in [0.29, 0.717) is 5.41 Å². The highest BCUT2D eigenvalue weighted by Gasteiger charge is 2.50. The van der Waals surface area contributed by atoms with E-state index >= 15 is 0 Å². The van der Waals surface area contributed by atoms with Gasteiger partial charge in [-0.15, -0.1) is 0 Å². The van der Waals surface area contributed by atoms with Gasteiger partial charge in [0.05, 0.1) is 0 Å². The molecule has 2 rings (SSSR count). The Kier molecular flexibility index (Phi) is 3.10. The van der Waals surface area contributed by atoms with Gasteiger partial charge < -0.3 is 15.3 Å². The van der Waals surface area contributed by atoms with E-state index in [1.54, 1.807) is 4.90 Å². The van der Waals surface area contributed by atoms with Gasteiger partial charge in [0.1, 0.15) is 0 Å². The molecule has 17 heavy (non-hydrogen) atoms. The van der Waals surface area contributed by atoms with Crippen LogP contribution in [0.4, 0.5) is 4.79 Å². The first-order valence-corrected chi connectivity index (χ1v) is 6.57. The molecule has 0 unspecified atom stereocenters. The first kappa shape index (κ1) is 12.7. The number of carboxylic acid groups (broad SMARTS) is 1. The van der Waals surface area contributed by atoms with Crippen molar-refractivity contribution >= 4 is 6.09 Å². The lowest BCUT2D eigenvalue weighted by Gasteiger charge is -2.55. The summed E-state index contributed by atoms with van der Waals surface area (Å²) in [7, 11) is 0. The van der Waals surface area contributed by atoms with Crippen LogP contribution >= 0.6 is 0 Å². The maximum absolute atomic E-state index is 11.4. The molecule has 1 aliphatic heterocycles. The molecule has 1 amide bonds. The Morgan fingerprint density at radius 1 is 1.29 bits per heavy atom. The van der Waals surface area contributed by atoms with Gasteiger partial charge in [0.2, 0.25) is 0 Å². The fourth-order valence-corrected chi connectivity index (χ4v) is 3.48. The molecule has 2 N–H and O–H groups in total. The lowest BCUT2D eigenvalue weighted by molar-refractivity contribution is -0.0433. The van der Waals surface area contributed by atoms with Crippen LogP contribution in [-0.2, 0) is 0 Å². The quantitative estimate of drug-likeness (QED) is 0.739. The van der Waals surface area contributed by atoms with Gasteiger partial charge in [0, 0.05) is 11.6 Å². The maximum Gasteiger partial charge on any atom is 0.407 e. The predicted molar refractivity (Wildman–Crippen MR) is 67.2 cm³/mol. The molecule has 1 saturated carbocycles. The molecular weight excluding hydrogens is 216 g/mol. The molecule has 0 aromatic carbocycles. The molecule has 0 aromatic heterocycles. The molecule has 0 bridgehead atoms. The zero-order valence-corrected chi connectivity index (χ0v) is 11.1. The highest BCUT2D eigenvalue weighted by molar-refractivity contribution is 5.66. The molecule has 1 heterocycles. The minimum Gasteiger partial charge on any atom is -0.465 e. The average Bonchev–Trinajstić information content (AvgIpc) is 2.14. The molecule has 2 aliphatic rings. The number of nitrogens with one attached hydrogen (secondary N) is 1. The van der Waals surface area contributed by atoms with E-state index in [2.05, 4.69) is 5.32 Å². The van der Waals surface area contributed by atoms with Crippen LogP contribution in [0.5, 0.6) is 0 Å². The minimum atomic E-state index is -0.772. The third kappa shape index (κ3) is 2.41. The van der Waals surface area contributed by atoms with Crippen LogP contribution in [-0.4, -0.2) is 40.8 Å². The van der Waals surface area contributed by atoms with Crippen molar-refractivity contribution in [3.63, 3.8) is 0 Å². The summed E-state index contributed by atoms with van der Waals surface area (Å²) in [5.74, 6) is 0. The second kappa shape index (κ2) is 4.16. The number of hydrogen-bond acceptors (Lipinski definition) is 2. The van der Waals surface area contributed by atoms with E-state index in [-0.39, 0.29) is 11.6 Å². The van der Waals surface area contributed by atoms with Crippen molar-refractivity contribution in [2.24, 2.45) is 5.41 Å². The van der Waals surface area contributed by atoms with Crippen molar-refractivity contribution in [1.82, 2.24) is 10.2 Å². The number of nitrogens with zero attached hydrogens (tertiary/aromatic N) is 1. The molecule has 2 fully saturated rings. The van der Waals surface area contributed by atoms with Crippen LogP contribution < -0.4 is 5.32 Å². The Hall–Kier alpha value is -0.770. The number of piperidine rings is 1. The number of amides is 1. The lowest BCUT2D eigenvalue weighted by atomic mass is 9.60. The van der Waals surface area contributed by atoms with Crippen molar-refractivity contribution in [2.75, 3.05) is 13.1 Å². The zero-order valence-electron chi connectivity index (χ0n) is 11.1. The molecular formula is C13H24N2O2. The summed E-state index contributed by atoms with van der Waals surface area (Å²) in [5, 5.41) is 12.7. The van der Waals surface area contributed by atoms with Gasteiger partial charge in [-0.25, -0.2) is 4.79 Å². The summed E-state index contributed by atoms with van der Waals surface area (Å²) in [6.07, 6.45) is 3.75.